The highest BCUT2D eigenvalue weighted by atomic mass is 16.5. The summed E-state index contributed by atoms with van der Waals surface area (Å²) < 4.78 is 5.30. The van der Waals surface area contributed by atoms with E-state index >= 15 is 0 Å². The van der Waals surface area contributed by atoms with E-state index < -0.39 is 23.1 Å². The first-order valence-corrected chi connectivity index (χ1v) is 11.1. The van der Waals surface area contributed by atoms with Crippen molar-refractivity contribution in [2.24, 2.45) is 0 Å². The predicted octanol–water partition coefficient (Wildman–Crippen LogP) is 2.51. The van der Waals surface area contributed by atoms with Crippen LogP contribution in [0.15, 0.2) is 48.0 Å². The molecule has 0 aliphatic carbocycles. The Morgan fingerprint density at radius 2 is 1.82 bits per heavy atom. The molecule has 2 heterocycles. The molecule has 8 heteroatoms. The fraction of sp³-hybridized carbons (Fsp3) is 0.346. The number of para-hydroxylation sites is 1. The first-order valence-electron chi connectivity index (χ1n) is 11.1. The molecule has 8 nitrogen and oxygen atoms in total. The van der Waals surface area contributed by atoms with Crippen molar-refractivity contribution in [2.75, 3.05) is 46.2 Å². The number of ketones is 1. The number of anilines is 1. The summed E-state index contributed by atoms with van der Waals surface area (Å²) >= 11 is 0. The molecule has 4 rings (SSSR count). The van der Waals surface area contributed by atoms with Crippen molar-refractivity contribution in [3.05, 3.63) is 64.7 Å². The van der Waals surface area contributed by atoms with Gasteiger partial charge in [0.05, 0.1) is 12.7 Å². The monoisotopic (exact) mass is 463 g/mol. The van der Waals surface area contributed by atoms with Gasteiger partial charge in [0, 0.05) is 30.4 Å². The van der Waals surface area contributed by atoms with Gasteiger partial charge in [-0.15, -0.1) is 0 Å². The van der Waals surface area contributed by atoms with Gasteiger partial charge in [-0.1, -0.05) is 18.2 Å². The van der Waals surface area contributed by atoms with Crippen LogP contribution in [0.4, 0.5) is 5.69 Å². The highest BCUT2D eigenvalue weighted by molar-refractivity contribution is 6.50. The Balaban J connectivity index is 1.98. The summed E-state index contributed by atoms with van der Waals surface area (Å²) in [4.78, 5) is 45.5. The fourth-order valence-electron chi connectivity index (χ4n) is 4.99. The normalized spacial score (nSPS) is 21.2. The van der Waals surface area contributed by atoms with Crippen LogP contribution in [0.3, 0.4) is 0 Å². The minimum absolute atomic E-state index is 0.190. The van der Waals surface area contributed by atoms with Crippen molar-refractivity contribution >= 4 is 29.0 Å². The van der Waals surface area contributed by atoms with Crippen LogP contribution in [-0.4, -0.2) is 73.8 Å². The van der Waals surface area contributed by atoms with Crippen molar-refractivity contribution in [3.63, 3.8) is 0 Å². The number of benzene rings is 2. The number of aliphatic hydroxyl groups excluding tert-OH is 1. The topological polar surface area (TPSA) is 90.4 Å². The van der Waals surface area contributed by atoms with E-state index in [-0.39, 0.29) is 17.9 Å². The van der Waals surface area contributed by atoms with Crippen LogP contribution in [0.1, 0.15) is 23.1 Å². The molecule has 0 saturated carbocycles. The third-order valence-electron chi connectivity index (χ3n) is 6.59. The number of rotatable bonds is 6. The molecule has 1 spiro atoms. The van der Waals surface area contributed by atoms with E-state index in [1.807, 2.05) is 25.9 Å². The van der Waals surface area contributed by atoms with Gasteiger partial charge in [0.25, 0.3) is 17.6 Å². The molecular formula is C26H29N3O5. The van der Waals surface area contributed by atoms with Gasteiger partial charge < -0.3 is 24.5 Å². The summed E-state index contributed by atoms with van der Waals surface area (Å²) in [5.74, 6) is -1.85. The lowest BCUT2D eigenvalue weighted by molar-refractivity contribution is -0.143. The average Bonchev–Trinajstić information content (AvgIpc) is 3.17. The maximum Gasteiger partial charge on any atom is 0.296 e. The van der Waals surface area contributed by atoms with E-state index in [4.69, 9.17) is 4.74 Å². The van der Waals surface area contributed by atoms with Crippen molar-refractivity contribution in [1.29, 1.82) is 0 Å². The number of ether oxygens (including phenoxy) is 1. The number of carbonyl (C=O) groups excluding carboxylic acids is 3. The second kappa shape index (κ2) is 8.61. The molecule has 1 N–H and O–H groups in total. The lowest BCUT2D eigenvalue weighted by Gasteiger charge is -2.34. The summed E-state index contributed by atoms with van der Waals surface area (Å²) in [5.41, 5.74) is 0.278. The molecule has 34 heavy (non-hydrogen) atoms. The number of likely N-dealkylation sites (tertiary alicyclic amines) is 1. The Morgan fingerprint density at radius 1 is 1.12 bits per heavy atom. The summed E-state index contributed by atoms with van der Waals surface area (Å²) in [7, 11) is 7.00. The minimum atomic E-state index is -1.72. The summed E-state index contributed by atoms with van der Waals surface area (Å²) in [5, 5.41) is 11.4. The van der Waals surface area contributed by atoms with Crippen LogP contribution in [0.5, 0.6) is 5.75 Å². The van der Waals surface area contributed by atoms with Crippen LogP contribution in [0.2, 0.25) is 0 Å². The van der Waals surface area contributed by atoms with Crippen molar-refractivity contribution < 1.29 is 24.2 Å². The number of fused-ring (bicyclic) bond motifs is 2. The zero-order valence-corrected chi connectivity index (χ0v) is 20.1. The number of likely N-dealkylation sites (N-methyl/N-ethyl adjacent to an activating group) is 1. The molecule has 2 aromatic carbocycles. The Morgan fingerprint density at radius 3 is 2.47 bits per heavy atom. The molecule has 1 unspecified atom stereocenters. The summed E-state index contributed by atoms with van der Waals surface area (Å²) in [6.07, 6.45) is 0.558. The van der Waals surface area contributed by atoms with Gasteiger partial charge in [0.1, 0.15) is 11.5 Å². The maximum atomic E-state index is 13.9. The Labute approximate surface area is 199 Å². The third-order valence-corrected chi connectivity index (χ3v) is 6.59. The van der Waals surface area contributed by atoms with E-state index in [1.54, 1.807) is 56.6 Å². The van der Waals surface area contributed by atoms with E-state index in [1.165, 1.54) is 9.80 Å². The fourth-order valence-corrected chi connectivity index (χ4v) is 4.99. The van der Waals surface area contributed by atoms with Gasteiger partial charge >= 0.3 is 0 Å². The average molecular weight is 464 g/mol. The van der Waals surface area contributed by atoms with Crippen LogP contribution in [-0.2, 0) is 19.9 Å². The SMILES string of the molecule is COc1ccc(C(O)=C2C(=O)C(=O)N(CCCN(C)C)C23C(=O)N(C)c2ccccc23)cc1C. The zero-order chi connectivity index (χ0) is 24.8. The van der Waals surface area contributed by atoms with Crippen LogP contribution >= 0.6 is 0 Å². The number of aliphatic hydroxyl groups is 1. The van der Waals surface area contributed by atoms with Crippen LogP contribution in [0, 0.1) is 6.92 Å². The van der Waals surface area contributed by atoms with Crippen molar-refractivity contribution in [3.8, 4) is 5.75 Å². The molecule has 1 saturated heterocycles. The number of Topliss-reactive ketones (excluding diaryl/α,β-unsaturated/α-hetero) is 1. The third kappa shape index (κ3) is 3.28. The Bertz CT molecular complexity index is 1220. The molecular weight excluding hydrogens is 434 g/mol. The summed E-state index contributed by atoms with van der Waals surface area (Å²) in [6, 6.07) is 12.1. The van der Waals surface area contributed by atoms with Crippen LogP contribution in [0.25, 0.3) is 5.76 Å². The van der Waals surface area contributed by atoms with Crippen molar-refractivity contribution in [2.45, 2.75) is 18.9 Å². The molecule has 2 aliphatic rings. The van der Waals surface area contributed by atoms with Crippen LogP contribution < -0.4 is 9.64 Å². The number of aryl methyl sites for hydroxylation is 1. The predicted molar refractivity (Wildman–Crippen MR) is 129 cm³/mol. The number of hydrogen-bond donors (Lipinski definition) is 1. The molecule has 1 fully saturated rings. The number of nitrogens with zero attached hydrogens (tertiary/aromatic N) is 3. The first kappa shape index (κ1) is 23.5. The standard InChI is InChI=1S/C26H29N3O5/c1-16-15-17(11-12-20(16)34-5)22(30)21-23(31)24(32)29(14-8-13-27(2)3)26(21)18-9-6-7-10-19(18)28(4)25(26)33/h6-7,9-12,15,30H,8,13-14H2,1-5H3. The molecule has 2 aromatic rings. The molecule has 178 valence electrons. The number of amides is 2. The smallest absolute Gasteiger partial charge is 0.296 e. The van der Waals surface area contributed by atoms with Gasteiger partial charge in [-0.3, -0.25) is 14.4 Å². The maximum absolute atomic E-state index is 13.9. The van der Waals surface area contributed by atoms with Crippen molar-refractivity contribution in [1.82, 2.24) is 9.80 Å². The van der Waals surface area contributed by atoms with E-state index in [2.05, 4.69) is 0 Å². The number of carbonyl (C=O) groups is 3. The number of methoxy groups -OCH3 is 1. The highest BCUT2D eigenvalue weighted by Gasteiger charge is 2.66. The molecule has 0 aromatic heterocycles. The van der Waals surface area contributed by atoms with Gasteiger partial charge in [-0.2, -0.15) is 0 Å². The van der Waals surface area contributed by atoms with E-state index in [9.17, 15) is 19.5 Å². The van der Waals surface area contributed by atoms with Gasteiger partial charge in [-0.05, 0) is 63.8 Å². The second-order valence-corrected chi connectivity index (χ2v) is 8.94. The largest absolute Gasteiger partial charge is 0.507 e. The van der Waals surface area contributed by atoms with E-state index in [0.717, 1.165) is 5.56 Å². The lowest BCUT2D eigenvalue weighted by atomic mass is 9.81. The first-order chi connectivity index (χ1) is 16.2. The molecule has 1 atom stereocenters. The van der Waals surface area contributed by atoms with Gasteiger partial charge in [0.15, 0.2) is 5.54 Å². The Hall–Kier alpha value is -3.65. The zero-order valence-electron chi connectivity index (χ0n) is 20.1. The second-order valence-electron chi connectivity index (χ2n) is 8.94. The minimum Gasteiger partial charge on any atom is -0.507 e. The number of hydrogen-bond acceptors (Lipinski definition) is 6. The molecule has 2 aliphatic heterocycles. The summed E-state index contributed by atoms with van der Waals surface area (Å²) in [6.45, 7) is 2.67. The molecule has 0 radical (unpaired) electrons. The van der Waals surface area contributed by atoms with Gasteiger partial charge in [0.2, 0.25) is 0 Å². The highest BCUT2D eigenvalue weighted by Crippen LogP contribution is 2.53. The van der Waals surface area contributed by atoms with E-state index in [0.29, 0.717) is 35.5 Å². The molecule has 2 amide bonds. The van der Waals surface area contributed by atoms with Gasteiger partial charge in [-0.25, -0.2) is 0 Å². The molecule has 0 bridgehead atoms. The lowest BCUT2D eigenvalue weighted by Crippen LogP contribution is -2.51. The quantitative estimate of drug-likeness (QED) is 0.402. The Kier molecular flexibility index (Phi) is 5.95.